The molecule has 0 aliphatic carbocycles. The van der Waals surface area contributed by atoms with Gasteiger partial charge in [0.25, 0.3) is 0 Å². The monoisotopic (exact) mass is 241 g/mol. The average Bonchev–Trinajstić information content (AvgIpc) is 2.42. The Morgan fingerprint density at radius 2 is 2.11 bits per heavy atom. The second-order valence-corrected chi connectivity index (χ2v) is 3.71. The summed E-state index contributed by atoms with van der Waals surface area (Å²) in [5.41, 5.74) is 0.970. The van der Waals surface area contributed by atoms with E-state index in [1.54, 1.807) is 41.4 Å². The largest absolute Gasteiger partial charge is 0.324 e. The molecule has 0 saturated heterocycles. The Kier molecular flexibility index (Phi) is 3.54. The van der Waals surface area contributed by atoms with E-state index in [4.69, 9.17) is 5.26 Å². The summed E-state index contributed by atoms with van der Waals surface area (Å²) in [5.74, 6) is 0.269. The van der Waals surface area contributed by atoms with Gasteiger partial charge in [0.05, 0.1) is 17.3 Å². The quantitative estimate of drug-likeness (QED) is 0.828. The van der Waals surface area contributed by atoms with Crippen LogP contribution in [0, 0.1) is 17.1 Å². The summed E-state index contributed by atoms with van der Waals surface area (Å²) in [4.78, 5) is 5.92. The van der Waals surface area contributed by atoms with Gasteiger partial charge in [0.2, 0.25) is 0 Å². The number of hydrogen-bond acceptors (Lipinski definition) is 3. The molecule has 0 fully saturated rings. The van der Waals surface area contributed by atoms with Crippen LogP contribution in [0.2, 0.25) is 0 Å². The number of nitriles is 1. The number of anilines is 2. The molecule has 4 heteroatoms. The summed E-state index contributed by atoms with van der Waals surface area (Å²) in [7, 11) is 0. The summed E-state index contributed by atoms with van der Waals surface area (Å²) in [5, 5.41) is 8.87. The van der Waals surface area contributed by atoms with Crippen LogP contribution in [-0.2, 0) is 0 Å². The fourth-order valence-electron chi connectivity index (χ4n) is 1.76. The van der Waals surface area contributed by atoms with E-state index in [9.17, 15) is 4.39 Å². The highest BCUT2D eigenvalue weighted by Crippen LogP contribution is 2.26. The highest BCUT2D eigenvalue weighted by molar-refractivity contribution is 5.61. The van der Waals surface area contributed by atoms with E-state index in [1.165, 1.54) is 6.07 Å². The number of aromatic nitrogens is 1. The molecule has 1 aromatic carbocycles. The molecule has 0 unspecified atom stereocenters. The van der Waals surface area contributed by atoms with Gasteiger partial charge >= 0.3 is 0 Å². The Morgan fingerprint density at radius 1 is 1.33 bits per heavy atom. The molecular weight excluding hydrogens is 229 g/mol. The maximum atomic E-state index is 13.8. The second kappa shape index (κ2) is 5.28. The molecule has 0 atom stereocenters. The van der Waals surface area contributed by atoms with Gasteiger partial charge in [-0.15, -0.1) is 0 Å². The molecule has 1 aromatic heterocycles. The second-order valence-electron chi connectivity index (χ2n) is 3.71. The van der Waals surface area contributed by atoms with E-state index >= 15 is 0 Å². The van der Waals surface area contributed by atoms with Crippen molar-refractivity contribution in [2.24, 2.45) is 0 Å². The molecule has 0 saturated carbocycles. The molecule has 2 aromatic rings. The van der Waals surface area contributed by atoms with Gasteiger partial charge in [-0.3, -0.25) is 0 Å². The Bertz CT molecular complexity index is 590. The van der Waals surface area contributed by atoms with Crippen molar-refractivity contribution in [2.45, 2.75) is 6.92 Å². The van der Waals surface area contributed by atoms with Crippen LogP contribution in [-0.4, -0.2) is 11.5 Å². The van der Waals surface area contributed by atoms with Crippen LogP contribution in [0.5, 0.6) is 0 Å². The lowest BCUT2D eigenvalue weighted by Gasteiger charge is -2.22. The molecule has 0 aliphatic heterocycles. The predicted molar refractivity (Wildman–Crippen MR) is 68.0 cm³/mol. The summed E-state index contributed by atoms with van der Waals surface area (Å²) in [6.07, 6.45) is 1.55. The molecule has 3 nitrogen and oxygen atoms in total. The van der Waals surface area contributed by atoms with Crippen molar-refractivity contribution in [1.29, 1.82) is 5.26 Å². The molecule has 18 heavy (non-hydrogen) atoms. The molecular formula is C14H12FN3. The van der Waals surface area contributed by atoms with E-state index in [1.807, 2.05) is 6.92 Å². The molecule has 90 valence electrons. The zero-order chi connectivity index (χ0) is 13.0. The minimum absolute atomic E-state index is 0.302. The Labute approximate surface area is 105 Å². The van der Waals surface area contributed by atoms with Gasteiger partial charge in [-0.05, 0) is 31.2 Å². The molecule has 0 radical (unpaired) electrons. The molecule has 2 rings (SSSR count). The maximum absolute atomic E-state index is 13.8. The molecule has 0 amide bonds. The fourth-order valence-corrected chi connectivity index (χ4v) is 1.76. The zero-order valence-electron chi connectivity index (χ0n) is 9.97. The number of halogens is 1. The highest BCUT2D eigenvalue weighted by Gasteiger charge is 2.12. The Hall–Kier alpha value is -2.41. The Balaban J connectivity index is 2.46. The van der Waals surface area contributed by atoms with Gasteiger partial charge in [0, 0.05) is 12.7 Å². The van der Waals surface area contributed by atoms with E-state index in [2.05, 4.69) is 11.1 Å². The SMILES string of the molecule is CCN(c1cc(C#N)ccn1)c1ccccc1F. The minimum Gasteiger partial charge on any atom is -0.324 e. The van der Waals surface area contributed by atoms with Crippen LogP contribution in [0.25, 0.3) is 0 Å². The van der Waals surface area contributed by atoms with E-state index < -0.39 is 0 Å². The zero-order valence-corrected chi connectivity index (χ0v) is 9.97. The first-order chi connectivity index (χ1) is 8.76. The van der Waals surface area contributed by atoms with Crippen LogP contribution in [0.3, 0.4) is 0 Å². The lowest BCUT2D eigenvalue weighted by Crippen LogP contribution is -2.18. The van der Waals surface area contributed by atoms with Crippen molar-refractivity contribution in [1.82, 2.24) is 4.98 Å². The number of nitrogens with zero attached hydrogens (tertiary/aromatic N) is 3. The molecule has 0 spiro atoms. The van der Waals surface area contributed by atoms with E-state index in [0.717, 1.165) is 0 Å². The van der Waals surface area contributed by atoms with Gasteiger partial charge in [0.15, 0.2) is 0 Å². The van der Waals surface area contributed by atoms with E-state index in [-0.39, 0.29) is 5.82 Å². The standard InChI is InChI=1S/C14H12FN3/c1-2-18(13-6-4-3-5-12(13)15)14-9-11(10-16)7-8-17-14/h3-9H,2H2,1H3. The van der Waals surface area contributed by atoms with Gasteiger partial charge in [-0.25, -0.2) is 9.37 Å². The van der Waals surface area contributed by atoms with Crippen molar-refractivity contribution in [3.8, 4) is 6.07 Å². The summed E-state index contributed by atoms with van der Waals surface area (Å²) >= 11 is 0. The number of hydrogen-bond donors (Lipinski definition) is 0. The third kappa shape index (κ3) is 2.30. The van der Waals surface area contributed by atoms with Crippen LogP contribution < -0.4 is 4.90 Å². The normalized spacial score (nSPS) is 9.83. The summed E-state index contributed by atoms with van der Waals surface area (Å²) in [6, 6.07) is 11.8. The average molecular weight is 241 g/mol. The van der Waals surface area contributed by atoms with Crippen molar-refractivity contribution < 1.29 is 4.39 Å². The predicted octanol–water partition coefficient (Wildman–Crippen LogP) is 3.25. The third-order valence-electron chi connectivity index (χ3n) is 2.61. The fraction of sp³-hybridized carbons (Fsp3) is 0.143. The van der Waals surface area contributed by atoms with Crippen molar-refractivity contribution in [2.75, 3.05) is 11.4 Å². The molecule has 0 aliphatic rings. The lowest BCUT2D eigenvalue weighted by molar-refractivity contribution is 0.625. The first kappa shape index (κ1) is 12.1. The van der Waals surface area contributed by atoms with Crippen molar-refractivity contribution >= 4 is 11.5 Å². The molecule has 0 N–H and O–H groups in total. The minimum atomic E-state index is -0.302. The first-order valence-corrected chi connectivity index (χ1v) is 5.64. The smallest absolute Gasteiger partial charge is 0.146 e. The number of pyridine rings is 1. The first-order valence-electron chi connectivity index (χ1n) is 5.64. The van der Waals surface area contributed by atoms with Gasteiger partial charge in [-0.2, -0.15) is 5.26 Å². The summed E-state index contributed by atoms with van der Waals surface area (Å²) in [6.45, 7) is 2.48. The molecule has 1 heterocycles. The maximum Gasteiger partial charge on any atom is 0.146 e. The van der Waals surface area contributed by atoms with Crippen molar-refractivity contribution in [3.05, 3.63) is 54.0 Å². The van der Waals surface area contributed by atoms with Crippen LogP contribution in [0.4, 0.5) is 15.9 Å². The highest BCUT2D eigenvalue weighted by atomic mass is 19.1. The van der Waals surface area contributed by atoms with Gasteiger partial charge in [-0.1, -0.05) is 12.1 Å². The van der Waals surface area contributed by atoms with Crippen molar-refractivity contribution in [3.63, 3.8) is 0 Å². The van der Waals surface area contributed by atoms with E-state index in [0.29, 0.717) is 23.6 Å². The Morgan fingerprint density at radius 3 is 2.78 bits per heavy atom. The number of rotatable bonds is 3. The third-order valence-corrected chi connectivity index (χ3v) is 2.61. The topological polar surface area (TPSA) is 39.9 Å². The number of para-hydroxylation sites is 1. The van der Waals surface area contributed by atoms with Crippen LogP contribution >= 0.6 is 0 Å². The lowest BCUT2D eigenvalue weighted by atomic mass is 10.2. The van der Waals surface area contributed by atoms with Gasteiger partial charge in [0.1, 0.15) is 11.6 Å². The van der Waals surface area contributed by atoms with Gasteiger partial charge < -0.3 is 4.90 Å². The van der Waals surface area contributed by atoms with Crippen LogP contribution in [0.1, 0.15) is 12.5 Å². The molecule has 0 bridgehead atoms. The van der Waals surface area contributed by atoms with Crippen LogP contribution in [0.15, 0.2) is 42.6 Å². The number of benzene rings is 1. The summed E-state index contributed by atoms with van der Waals surface area (Å²) < 4.78 is 13.8.